The van der Waals surface area contributed by atoms with E-state index in [-0.39, 0.29) is 47.9 Å². The molecule has 7 heterocycles. The zero-order valence-corrected chi connectivity index (χ0v) is 43.6. The standard InChI is InChI=1S/C51H64N18O7/c1-7-68-37(22-30(3)61-68)48(73)57-50-55-35-24-33(45(52)71)26-39(75-6)43(35)66(50)15-9-10-16-67-44-36(56-51(67)58-49(74)38-23-31(4)62-69(38)8-2)25-34(46(53)72)27-40(44)76-21-11-14-63-17-12-32(13-18-63)47-60-59-41-29-64(19-20-65(41)47)42(70)28-54-5/h9-10,22-27,32,54H,7-8,11-21,28-29H2,1-6H3,(H2,52,71)(H2,53,72)(H,55,57,73)(H,56,58,74)/b10-9+. The van der Waals surface area contributed by atoms with Gasteiger partial charge in [-0.25, -0.2) is 9.97 Å². The zero-order valence-electron chi connectivity index (χ0n) is 43.6. The Balaban J connectivity index is 0.961. The second kappa shape index (κ2) is 22.6. The molecule has 0 radical (unpaired) electrons. The molecule has 5 amide bonds. The minimum Gasteiger partial charge on any atom is -0.494 e. The first kappa shape index (κ1) is 52.4. The maximum Gasteiger partial charge on any atom is 0.276 e. The highest BCUT2D eigenvalue weighted by atomic mass is 16.5. The van der Waals surface area contributed by atoms with Gasteiger partial charge in [-0.05, 0) is 103 Å². The number of hydrogen-bond acceptors (Lipinski definition) is 15. The fourth-order valence-electron chi connectivity index (χ4n) is 10.0. The van der Waals surface area contributed by atoms with Crippen LogP contribution in [-0.2, 0) is 44.1 Å². The monoisotopic (exact) mass is 1040 g/mol. The van der Waals surface area contributed by atoms with Crippen LogP contribution in [-0.4, -0.2) is 146 Å². The van der Waals surface area contributed by atoms with Gasteiger partial charge in [-0.15, -0.1) is 10.2 Å². The van der Waals surface area contributed by atoms with E-state index >= 15 is 0 Å². The number of ether oxygens (including phenoxy) is 2. The Kier molecular flexibility index (Phi) is 15.6. The molecule has 2 aliphatic heterocycles. The van der Waals surface area contributed by atoms with E-state index in [0.717, 1.165) is 44.1 Å². The predicted octanol–water partition coefficient (Wildman–Crippen LogP) is 3.20. The minimum absolute atomic E-state index is 0.0503. The Morgan fingerprint density at radius 3 is 1.82 bits per heavy atom. The number of fused-ring (bicyclic) bond motifs is 3. The van der Waals surface area contributed by atoms with E-state index in [2.05, 4.69) is 45.8 Å². The first-order valence-electron chi connectivity index (χ1n) is 25.5. The smallest absolute Gasteiger partial charge is 0.276 e. The van der Waals surface area contributed by atoms with E-state index in [0.29, 0.717) is 109 Å². The fraction of sp³-hybridized carbons (Fsp3) is 0.431. The van der Waals surface area contributed by atoms with Gasteiger partial charge in [0.05, 0.1) is 49.2 Å². The lowest BCUT2D eigenvalue weighted by Gasteiger charge is -2.33. The van der Waals surface area contributed by atoms with E-state index in [1.165, 1.54) is 19.2 Å². The number of imidazole rings is 2. The summed E-state index contributed by atoms with van der Waals surface area (Å²) in [6.45, 7) is 13.5. The number of methoxy groups -OCH3 is 1. The van der Waals surface area contributed by atoms with Gasteiger partial charge in [0.25, 0.3) is 11.8 Å². The lowest BCUT2D eigenvalue weighted by Crippen LogP contribution is -2.42. The second-order valence-corrected chi connectivity index (χ2v) is 18.9. The van der Waals surface area contributed by atoms with Crippen LogP contribution in [0.5, 0.6) is 11.5 Å². The lowest BCUT2D eigenvalue weighted by molar-refractivity contribution is -0.131. The second-order valence-electron chi connectivity index (χ2n) is 18.9. The first-order chi connectivity index (χ1) is 36.7. The molecular formula is C51H64N18O7. The van der Waals surface area contributed by atoms with Gasteiger partial charge in [-0.1, -0.05) is 12.2 Å². The van der Waals surface area contributed by atoms with Gasteiger partial charge in [0.1, 0.15) is 39.7 Å². The highest BCUT2D eigenvalue weighted by Gasteiger charge is 2.30. The minimum atomic E-state index is -0.674. The Bertz CT molecular complexity index is 3370. The summed E-state index contributed by atoms with van der Waals surface area (Å²) in [7, 11) is 3.23. The summed E-state index contributed by atoms with van der Waals surface area (Å²) < 4.78 is 21.2. The third-order valence-corrected chi connectivity index (χ3v) is 13.8. The number of carbonyl (C=O) groups is 5. The number of nitrogens with two attached hydrogens (primary N) is 2. The number of likely N-dealkylation sites (N-methyl/N-ethyl adjacent to an activating group) is 1. The SMILES string of the molecule is CCn1nc(C)cc1C(=O)Nc1nc2cc(C(N)=O)cc(OC)c2n1C/C=C/Cn1c(NC(=O)c2cc(C)nn2CC)nc2cc(C(N)=O)cc(OCCCN3CCC(c4nnc5n4CCN(C(=O)CNC)C5)CC3)c21. The van der Waals surface area contributed by atoms with Gasteiger partial charge in [0, 0.05) is 62.9 Å². The van der Waals surface area contributed by atoms with Crippen LogP contribution in [0.2, 0.25) is 0 Å². The Hall–Kier alpha value is -8.45. The molecule has 7 aromatic rings. The van der Waals surface area contributed by atoms with Gasteiger partial charge >= 0.3 is 0 Å². The Morgan fingerprint density at radius 2 is 1.29 bits per heavy atom. The summed E-state index contributed by atoms with van der Waals surface area (Å²) in [6.07, 6.45) is 6.23. The topological polar surface area (TPSA) is 300 Å². The number of anilines is 2. The number of aromatic nitrogens is 11. The van der Waals surface area contributed by atoms with E-state index < -0.39 is 23.6 Å². The van der Waals surface area contributed by atoms with E-state index in [4.69, 9.17) is 30.9 Å². The molecule has 0 unspecified atom stereocenters. The van der Waals surface area contributed by atoms with Crippen LogP contribution in [0.25, 0.3) is 22.1 Å². The number of rotatable bonds is 21. The van der Waals surface area contributed by atoms with Gasteiger partial charge in [-0.3, -0.25) is 44.0 Å². The predicted molar refractivity (Wildman–Crippen MR) is 281 cm³/mol. The molecule has 2 aromatic carbocycles. The molecule has 25 nitrogen and oxygen atoms in total. The van der Waals surface area contributed by atoms with Gasteiger partial charge in [-0.2, -0.15) is 10.2 Å². The molecule has 0 atom stereocenters. The molecule has 2 aliphatic rings. The van der Waals surface area contributed by atoms with Crippen LogP contribution in [0, 0.1) is 13.8 Å². The largest absolute Gasteiger partial charge is 0.494 e. The molecule has 0 aliphatic carbocycles. The number of allylic oxidation sites excluding steroid dienone is 2. The van der Waals surface area contributed by atoms with Gasteiger partial charge in [0.15, 0.2) is 5.82 Å². The number of likely N-dealkylation sites (tertiary alicyclic amines) is 1. The summed E-state index contributed by atoms with van der Waals surface area (Å²) in [6, 6.07) is 9.62. The molecule has 25 heteroatoms. The van der Waals surface area contributed by atoms with Crippen molar-refractivity contribution >= 4 is 63.5 Å². The van der Waals surface area contributed by atoms with E-state index in [1.807, 2.05) is 37.8 Å². The van der Waals surface area contributed by atoms with Crippen molar-refractivity contribution in [3.05, 3.63) is 94.1 Å². The van der Waals surface area contributed by atoms with Crippen molar-refractivity contribution in [3.8, 4) is 11.5 Å². The van der Waals surface area contributed by atoms with Crippen LogP contribution < -0.4 is 36.9 Å². The molecule has 0 saturated carbocycles. The molecule has 7 N–H and O–H groups in total. The number of benzene rings is 2. The van der Waals surface area contributed by atoms with Crippen molar-refractivity contribution < 1.29 is 33.4 Å². The fourth-order valence-corrected chi connectivity index (χ4v) is 10.0. The molecule has 76 heavy (non-hydrogen) atoms. The molecule has 0 bridgehead atoms. The maximum absolute atomic E-state index is 14.0. The number of aryl methyl sites for hydroxylation is 4. The average Bonchev–Trinajstić information content (AvgIpc) is 4.25. The third kappa shape index (κ3) is 10.9. The van der Waals surface area contributed by atoms with Crippen molar-refractivity contribution in [2.45, 2.75) is 92.1 Å². The number of hydrogen-bond donors (Lipinski definition) is 5. The van der Waals surface area contributed by atoms with Crippen LogP contribution in [0.4, 0.5) is 11.9 Å². The third-order valence-electron chi connectivity index (χ3n) is 13.8. The summed E-state index contributed by atoms with van der Waals surface area (Å²) in [5.74, 6) is 0.913. The molecule has 0 spiro atoms. The van der Waals surface area contributed by atoms with Crippen LogP contribution in [0.15, 0.2) is 48.6 Å². The Labute approximate surface area is 437 Å². The van der Waals surface area contributed by atoms with Crippen LogP contribution >= 0.6 is 0 Å². The number of nitrogens with one attached hydrogen (secondary N) is 3. The van der Waals surface area contributed by atoms with Crippen molar-refractivity contribution in [3.63, 3.8) is 0 Å². The molecule has 9 rings (SSSR count). The van der Waals surface area contributed by atoms with Gasteiger partial charge < -0.3 is 49.8 Å². The van der Waals surface area contributed by atoms with Crippen molar-refractivity contribution in [2.24, 2.45) is 11.5 Å². The lowest BCUT2D eigenvalue weighted by atomic mass is 9.95. The molecule has 5 aromatic heterocycles. The normalized spacial score (nSPS) is 14.2. The molecular weight excluding hydrogens is 977 g/mol. The number of amides is 5. The van der Waals surface area contributed by atoms with Crippen molar-refractivity contribution in [1.82, 2.24) is 68.5 Å². The highest BCUT2D eigenvalue weighted by molar-refractivity contribution is 6.05. The van der Waals surface area contributed by atoms with E-state index in [9.17, 15) is 24.0 Å². The molecule has 1 fully saturated rings. The van der Waals surface area contributed by atoms with E-state index in [1.54, 1.807) is 56.7 Å². The summed E-state index contributed by atoms with van der Waals surface area (Å²) in [5.41, 5.74) is 15.7. The summed E-state index contributed by atoms with van der Waals surface area (Å²) in [4.78, 5) is 79.2. The molecule has 1 saturated heterocycles. The van der Waals surface area contributed by atoms with Crippen LogP contribution in [0.1, 0.15) is 104 Å². The average molecular weight is 1040 g/mol. The quantitative estimate of drug-likeness (QED) is 0.0510. The summed E-state index contributed by atoms with van der Waals surface area (Å²) >= 11 is 0. The first-order valence-corrected chi connectivity index (χ1v) is 25.5. The number of carbonyl (C=O) groups excluding carboxylic acids is 5. The Morgan fingerprint density at radius 1 is 0.737 bits per heavy atom. The number of nitrogens with zero attached hydrogens (tertiary/aromatic N) is 13. The highest BCUT2D eigenvalue weighted by Crippen LogP contribution is 2.34. The van der Waals surface area contributed by atoms with Gasteiger partial charge in [0.2, 0.25) is 29.6 Å². The zero-order chi connectivity index (χ0) is 53.8. The summed E-state index contributed by atoms with van der Waals surface area (Å²) in [5, 5.41) is 26.8. The number of piperidine rings is 1. The number of primary amides is 2. The maximum atomic E-state index is 14.0. The van der Waals surface area contributed by atoms with Crippen LogP contribution in [0.3, 0.4) is 0 Å². The molecule has 400 valence electrons. The van der Waals surface area contributed by atoms with Crippen molar-refractivity contribution in [2.75, 3.05) is 64.1 Å². The van der Waals surface area contributed by atoms with Crippen molar-refractivity contribution in [1.29, 1.82) is 0 Å².